The molecule has 0 spiro atoms. The second-order valence-electron chi connectivity index (χ2n) is 4.53. The predicted molar refractivity (Wildman–Crippen MR) is 80.7 cm³/mol. The first kappa shape index (κ1) is 13.3. The van der Waals surface area contributed by atoms with Gasteiger partial charge in [-0.25, -0.2) is 0 Å². The van der Waals surface area contributed by atoms with Gasteiger partial charge in [-0.05, 0) is 36.8 Å². The van der Waals surface area contributed by atoms with Gasteiger partial charge in [0.2, 0.25) is 0 Å². The first-order chi connectivity index (χ1) is 8.34. The van der Waals surface area contributed by atoms with Crippen molar-refractivity contribution in [3.05, 3.63) is 35.9 Å². The van der Waals surface area contributed by atoms with Crippen LogP contribution in [0.5, 0.6) is 0 Å². The van der Waals surface area contributed by atoms with Crippen LogP contribution in [0.4, 0.5) is 0 Å². The molecule has 2 rings (SSSR count). The summed E-state index contributed by atoms with van der Waals surface area (Å²) in [7, 11) is 0. The normalized spacial score (nSPS) is 19.1. The second kappa shape index (κ2) is 7.34. The van der Waals surface area contributed by atoms with Crippen molar-refractivity contribution in [3.8, 4) is 0 Å². The maximum Gasteiger partial charge on any atom is 0.0517 e. The Hall–Kier alpha value is -0.120. The molecule has 94 valence electrons. The molecule has 1 aliphatic rings. The van der Waals surface area contributed by atoms with Crippen LogP contribution in [-0.4, -0.2) is 22.1 Å². The van der Waals surface area contributed by atoms with Crippen LogP contribution in [0, 0.1) is 0 Å². The standard InChI is InChI=1S/C14H21NS2/c1-12(10-14-16-8-5-9-17-14)15-11-13-6-3-2-4-7-13/h2-4,6-7,12,14-15H,5,8-11H2,1H3/t12-/m0/s1. The lowest BCUT2D eigenvalue weighted by atomic mass is 10.2. The fraction of sp³-hybridized carbons (Fsp3) is 0.571. The molecule has 0 unspecified atom stereocenters. The molecule has 1 saturated heterocycles. The highest BCUT2D eigenvalue weighted by molar-refractivity contribution is 8.17. The van der Waals surface area contributed by atoms with Crippen LogP contribution < -0.4 is 5.32 Å². The molecular weight excluding hydrogens is 246 g/mol. The molecule has 1 atom stereocenters. The van der Waals surface area contributed by atoms with Crippen molar-refractivity contribution >= 4 is 23.5 Å². The Labute approximate surface area is 113 Å². The van der Waals surface area contributed by atoms with Gasteiger partial charge in [0.05, 0.1) is 4.58 Å². The van der Waals surface area contributed by atoms with Crippen molar-refractivity contribution in [2.75, 3.05) is 11.5 Å². The summed E-state index contributed by atoms with van der Waals surface area (Å²) >= 11 is 4.27. The Bertz CT molecular complexity index is 309. The molecule has 0 saturated carbocycles. The Morgan fingerprint density at radius 3 is 2.65 bits per heavy atom. The minimum atomic E-state index is 0.610. The van der Waals surface area contributed by atoms with Crippen LogP contribution in [0.2, 0.25) is 0 Å². The molecule has 1 aromatic rings. The fourth-order valence-corrected chi connectivity index (χ4v) is 5.07. The number of hydrogen-bond donors (Lipinski definition) is 1. The van der Waals surface area contributed by atoms with Crippen molar-refractivity contribution in [2.45, 2.75) is 36.9 Å². The van der Waals surface area contributed by atoms with Crippen LogP contribution in [0.3, 0.4) is 0 Å². The van der Waals surface area contributed by atoms with E-state index in [1.807, 2.05) is 0 Å². The van der Waals surface area contributed by atoms with Crippen LogP contribution in [0.15, 0.2) is 30.3 Å². The summed E-state index contributed by atoms with van der Waals surface area (Å²) in [5.41, 5.74) is 1.38. The van der Waals surface area contributed by atoms with Crippen molar-refractivity contribution in [1.29, 1.82) is 0 Å². The molecule has 0 aromatic heterocycles. The lowest BCUT2D eigenvalue weighted by molar-refractivity contribution is 0.531. The van der Waals surface area contributed by atoms with Crippen molar-refractivity contribution in [1.82, 2.24) is 5.32 Å². The van der Waals surface area contributed by atoms with Gasteiger partial charge in [-0.3, -0.25) is 0 Å². The summed E-state index contributed by atoms with van der Waals surface area (Å²) in [6.07, 6.45) is 2.67. The monoisotopic (exact) mass is 267 g/mol. The third-order valence-corrected chi connectivity index (χ3v) is 5.93. The zero-order valence-corrected chi connectivity index (χ0v) is 12.0. The Morgan fingerprint density at radius 2 is 1.94 bits per heavy atom. The van der Waals surface area contributed by atoms with Gasteiger partial charge in [0.15, 0.2) is 0 Å². The van der Waals surface area contributed by atoms with E-state index < -0.39 is 0 Å². The SMILES string of the molecule is C[C@@H](CC1SCCCS1)NCc1ccccc1. The molecule has 1 fully saturated rings. The Kier molecular flexibility index (Phi) is 5.75. The molecule has 0 amide bonds. The van der Waals surface area contributed by atoms with Gasteiger partial charge in [0, 0.05) is 12.6 Å². The third kappa shape index (κ3) is 4.94. The zero-order valence-electron chi connectivity index (χ0n) is 10.4. The van der Waals surface area contributed by atoms with Gasteiger partial charge < -0.3 is 5.32 Å². The lowest BCUT2D eigenvalue weighted by Gasteiger charge is -2.24. The molecule has 0 radical (unpaired) electrons. The highest BCUT2D eigenvalue weighted by Crippen LogP contribution is 2.33. The first-order valence-electron chi connectivity index (χ1n) is 6.35. The van der Waals surface area contributed by atoms with E-state index >= 15 is 0 Å². The van der Waals surface area contributed by atoms with Gasteiger partial charge in [0.25, 0.3) is 0 Å². The predicted octanol–water partition coefficient (Wildman–Crippen LogP) is 3.75. The average molecular weight is 267 g/mol. The molecule has 0 bridgehead atoms. The van der Waals surface area contributed by atoms with Crippen LogP contribution >= 0.6 is 23.5 Å². The maximum atomic E-state index is 3.62. The minimum absolute atomic E-state index is 0.610. The number of hydrogen-bond acceptors (Lipinski definition) is 3. The summed E-state index contributed by atoms with van der Waals surface area (Å²) < 4.78 is 0.807. The van der Waals surface area contributed by atoms with Gasteiger partial charge in [-0.15, -0.1) is 23.5 Å². The molecule has 1 N–H and O–H groups in total. The first-order valence-corrected chi connectivity index (χ1v) is 8.45. The van der Waals surface area contributed by atoms with E-state index in [4.69, 9.17) is 0 Å². The van der Waals surface area contributed by atoms with E-state index in [9.17, 15) is 0 Å². The maximum absolute atomic E-state index is 3.62. The molecule has 3 heteroatoms. The topological polar surface area (TPSA) is 12.0 Å². The lowest BCUT2D eigenvalue weighted by Crippen LogP contribution is -2.28. The van der Waals surface area contributed by atoms with Crippen LogP contribution in [0.1, 0.15) is 25.3 Å². The van der Waals surface area contributed by atoms with E-state index in [1.165, 1.54) is 29.9 Å². The molecule has 0 aliphatic carbocycles. The van der Waals surface area contributed by atoms with E-state index in [0.29, 0.717) is 6.04 Å². The largest absolute Gasteiger partial charge is 0.310 e. The van der Waals surface area contributed by atoms with E-state index in [-0.39, 0.29) is 0 Å². The molecule has 1 aliphatic heterocycles. The summed E-state index contributed by atoms with van der Waals surface area (Å²) in [4.78, 5) is 0. The average Bonchev–Trinajstić information content (AvgIpc) is 2.39. The summed E-state index contributed by atoms with van der Waals surface area (Å²) in [5.74, 6) is 2.70. The smallest absolute Gasteiger partial charge is 0.0517 e. The van der Waals surface area contributed by atoms with Gasteiger partial charge in [-0.2, -0.15) is 0 Å². The highest BCUT2D eigenvalue weighted by Gasteiger charge is 2.16. The van der Waals surface area contributed by atoms with Crippen molar-refractivity contribution in [3.63, 3.8) is 0 Å². The van der Waals surface area contributed by atoms with E-state index in [2.05, 4.69) is 66.1 Å². The second-order valence-corrected chi connectivity index (χ2v) is 7.45. The van der Waals surface area contributed by atoms with Gasteiger partial charge in [-0.1, -0.05) is 30.3 Å². The molecule has 1 aromatic carbocycles. The molecule has 1 nitrogen and oxygen atoms in total. The van der Waals surface area contributed by atoms with Crippen LogP contribution in [-0.2, 0) is 6.54 Å². The summed E-state index contributed by atoms with van der Waals surface area (Å²) in [5, 5.41) is 3.62. The number of nitrogens with one attached hydrogen (secondary N) is 1. The van der Waals surface area contributed by atoms with Gasteiger partial charge in [0.1, 0.15) is 0 Å². The Balaban J connectivity index is 1.68. The van der Waals surface area contributed by atoms with Crippen molar-refractivity contribution < 1.29 is 0 Å². The molecular formula is C14H21NS2. The number of benzene rings is 1. The molecule has 17 heavy (non-hydrogen) atoms. The third-order valence-electron chi connectivity index (χ3n) is 2.94. The summed E-state index contributed by atoms with van der Waals surface area (Å²) in [6, 6.07) is 11.3. The van der Waals surface area contributed by atoms with E-state index in [1.54, 1.807) is 0 Å². The highest BCUT2D eigenvalue weighted by atomic mass is 32.2. The fourth-order valence-electron chi connectivity index (χ4n) is 1.93. The van der Waals surface area contributed by atoms with Gasteiger partial charge >= 0.3 is 0 Å². The summed E-state index contributed by atoms with van der Waals surface area (Å²) in [6.45, 7) is 3.29. The molecule has 1 heterocycles. The Morgan fingerprint density at radius 1 is 1.24 bits per heavy atom. The van der Waals surface area contributed by atoms with E-state index in [0.717, 1.165) is 11.1 Å². The van der Waals surface area contributed by atoms with Crippen molar-refractivity contribution in [2.24, 2.45) is 0 Å². The minimum Gasteiger partial charge on any atom is -0.310 e. The van der Waals surface area contributed by atoms with Crippen LogP contribution in [0.25, 0.3) is 0 Å². The number of thioether (sulfide) groups is 2. The zero-order chi connectivity index (χ0) is 11.9. The quantitative estimate of drug-likeness (QED) is 0.872. The number of rotatable bonds is 5.